The Balaban J connectivity index is 1.45. The first-order valence-corrected chi connectivity index (χ1v) is 8.89. The van der Waals surface area contributed by atoms with E-state index in [1.165, 1.54) is 6.07 Å². The number of fused-ring (bicyclic) bond motifs is 1. The van der Waals surface area contributed by atoms with E-state index in [9.17, 15) is 9.18 Å². The number of carbonyl (C=O) groups excluding carboxylic acids is 1. The number of para-hydroxylation sites is 1. The number of nitrogens with one attached hydrogen (secondary N) is 1. The summed E-state index contributed by atoms with van der Waals surface area (Å²) >= 11 is 0. The summed E-state index contributed by atoms with van der Waals surface area (Å²) in [5.41, 5.74) is 1.33. The summed E-state index contributed by atoms with van der Waals surface area (Å²) in [6.45, 7) is 2.19. The summed E-state index contributed by atoms with van der Waals surface area (Å²) in [4.78, 5) is 14.5. The van der Waals surface area contributed by atoms with E-state index in [0.717, 1.165) is 36.4 Å². The molecule has 2 aliphatic rings. The van der Waals surface area contributed by atoms with Crippen LogP contribution >= 0.6 is 0 Å². The highest BCUT2D eigenvalue weighted by Crippen LogP contribution is 2.37. The Morgan fingerprint density at radius 3 is 2.81 bits per heavy atom. The Morgan fingerprint density at radius 1 is 1.15 bits per heavy atom. The third kappa shape index (κ3) is 3.51. The van der Waals surface area contributed by atoms with Gasteiger partial charge in [0, 0.05) is 6.04 Å². The topological polar surface area (TPSA) is 50.8 Å². The molecule has 1 atom stereocenters. The van der Waals surface area contributed by atoms with Crippen LogP contribution in [0, 0.1) is 5.82 Å². The zero-order valence-corrected chi connectivity index (χ0v) is 14.4. The number of ether oxygens (including phenoxy) is 2. The number of likely N-dealkylation sites (tertiary alicyclic amines) is 1. The van der Waals surface area contributed by atoms with E-state index >= 15 is 0 Å². The third-order valence-corrected chi connectivity index (χ3v) is 4.81. The molecule has 0 aromatic heterocycles. The van der Waals surface area contributed by atoms with Gasteiger partial charge in [0.25, 0.3) is 0 Å². The highest BCUT2D eigenvalue weighted by Gasteiger charge is 2.28. The Hall–Kier alpha value is -2.60. The second-order valence-corrected chi connectivity index (χ2v) is 6.56. The highest BCUT2D eigenvalue weighted by atomic mass is 19.1. The minimum absolute atomic E-state index is 0.150. The summed E-state index contributed by atoms with van der Waals surface area (Å²) in [6.07, 6.45) is 2.00. The minimum Gasteiger partial charge on any atom is -0.486 e. The Kier molecular flexibility index (Phi) is 4.75. The molecule has 1 fully saturated rings. The van der Waals surface area contributed by atoms with E-state index in [2.05, 4.69) is 10.2 Å². The van der Waals surface area contributed by atoms with Crippen molar-refractivity contribution in [3.05, 3.63) is 53.8 Å². The summed E-state index contributed by atoms with van der Waals surface area (Å²) in [5.74, 6) is 0.892. The van der Waals surface area contributed by atoms with Crippen LogP contribution in [0.2, 0.25) is 0 Å². The molecule has 136 valence electrons. The molecular weight excluding hydrogens is 335 g/mol. The maximum Gasteiger partial charge on any atom is 0.238 e. The van der Waals surface area contributed by atoms with Gasteiger partial charge in [0.05, 0.1) is 12.2 Å². The normalized spacial score (nSPS) is 19.3. The van der Waals surface area contributed by atoms with Crippen LogP contribution in [0.1, 0.15) is 24.4 Å². The van der Waals surface area contributed by atoms with Gasteiger partial charge in [-0.05, 0) is 49.2 Å². The van der Waals surface area contributed by atoms with Gasteiger partial charge in [-0.1, -0.05) is 18.2 Å². The Bertz CT molecular complexity index is 811. The van der Waals surface area contributed by atoms with Gasteiger partial charge in [0.2, 0.25) is 5.91 Å². The van der Waals surface area contributed by atoms with Crippen LogP contribution in [0.3, 0.4) is 0 Å². The largest absolute Gasteiger partial charge is 0.486 e. The maximum absolute atomic E-state index is 13.7. The molecule has 0 radical (unpaired) electrons. The standard InChI is InChI=1S/C20H21FN2O3/c21-15-4-1-2-5-16(15)22-20(24)13-23-9-3-6-17(23)14-7-8-18-19(12-14)26-11-10-25-18/h1-2,4-5,7-8,12,17H,3,6,9-11,13H2,(H,22,24)/t17-/m1/s1. The average molecular weight is 356 g/mol. The van der Waals surface area contributed by atoms with Gasteiger partial charge in [0.1, 0.15) is 19.0 Å². The number of nitrogens with zero attached hydrogens (tertiary/aromatic N) is 1. The van der Waals surface area contributed by atoms with Crippen molar-refractivity contribution in [3.8, 4) is 11.5 Å². The lowest BCUT2D eigenvalue weighted by Crippen LogP contribution is -2.33. The number of anilines is 1. The van der Waals surface area contributed by atoms with Crippen molar-refractivity contribution < 1.29 is 18.7 Å². The van der Waals surface area contributed by atoms with Gasteiger partial charge in [-0.15, -0.1) is 0 Å². The summed E-state index contributed by atoms with van der Waals surface area (Å²) in [7, 11) is 0. The molecule has 0 unspecified atom stereocenters. The van der Waals surface area contributed by atoms with Gasteiger partial charge < -0.3 is 14.8 Å². The molecule has 0 saturated carbocycles. The number of amides is 1. The van der Waals surface area contributed by atoms with Gasteiger partial charge >= 0.3 is 0 Å². The van der Waals surface area contributed by atoms with Crippen molar-refractivity contribution in [2.24, 2.45) is 0 Å². The van der Waals surface area contributed by atoms with Crippen molar-refractivity contribution in [1.29, 1.82) is 0 Å². The number of hydrogen-bond acceptors (Lipinski definition) is 4. The average Bonchev–Trinajstić information content (AvgIpc) is 3.11. The van der Waals surface area contributed by atoms with Gasteiger partial charge in [-0.2, -0.15) is 0 Å². The molecule has 0 spiro atoms. The van der Waals surface area contributed by atoms with E-state index in [1.807, 2.05) is 18.2 Å². The number of hydrogen-bond donors (Lipinski definition) is 1. The molecule has 0 aliphatic carbocycles. The molecule has 1 saturated heterocycles. The van der Waals surface area contributed by atoms with Crippen molar-refractivity contribution in [3.63, 3.8) is 0 Å². The van der Waals surface area contributed by atoms with Crippen LogP contribution in [0.15, 0.2) is 42.5 Å². The van der Waals surface area contributed by atoms with Crippen molar-refractivity contribution in [1.82, 2.24) is 4.90 Å². The minimum atomic E-state index is -0.425. The lowest BCUT2D eigenvalue weighted by molar-refractivity contribution is -0.117. The predicted molar refractivity (Wildman–Crippen MR) is 96.0 cm³/mol. The lowest BCUT2D eigenvalue weighted by atomic mass is 10.0. The summed E-state index contributed by atoms with van der Waals surface area (Å²) in [6, 6.07) is 12.3. The molecule has 2 aromatic rings. The van der Waals surface area contributed by atoms with Gasteiger partial charge in [0.15, 0.2) is 11.5 Å². The molecule has 5 nitrogen and oxygen atoms in total. The van der Waals surface area contributed by atoms with Crippen molar-refractivity contribution >= 4 is 11.6 Å². The van der Waals surface area contributed by atoms with E-state index in [-0.39, 0.29) is 24.2 Å². The molecule has 1 amide bonds. The Morgan fingerprint density at radius 2 is 1.96 bits per heavy atom. The van der Waals surface area contributed by atoms with E-state index in [1.54, 1.807) is 18.2 Å². The fraction of sp³-hybridized carbons (Fsp3) is 0.350. The molecule has 0 bridgehead atoms. The molecule has 2 aromatic carbocycles. The molecule has 2 heterocycles. The molecule has 26 heavy (non-hydrogen) atoms. The fourth-order valence-electron chi connectivity index (χ4n) is 3.60. The second kappa shape index (κ2) is 7.33. The van der Waals surface area contributed by atoms with E-state index in [4.69, 9.17) is 9.47 Å². The quantitative estimate of drug-likeness (QED) is 0.913. The van der Waals surface area contributed by atoms with Crippen LogP contribution in [0.25, 0.3) is 0 Å². The predicted octanol–water partition coefficient (Wildman–Crippen LogP) is 3.37. The van der Waals surface area contributed by atoms with Crippen LogP contribution in [-0.4, -0.2) is 37.1 Å². The molecule has 1 N–H and O–H groups in total. The number of carbonyl (C=O) groups is 1. The second-order valence-electron chi connectivity index (χ2n) is 6.56. The van der Waals surface area contributed by atoms with E-state index in [0.29, 0.717) is 13.2 Å². The first kappa shape index (κ1) is 16.8. The molecule has 2 aliphatic heterocycles. The van der Waals surface area contributed by atoms with Crippen LogP contribution in [0.5, 0.6) is 11.5 Å². The Labute approximate surface area is 151 Å². The zero-order chi connectivity index (χ0) is 17.9. The first-order chi connectivity index (χ1) is 12.7. The number of rotatable bonds is 4. The number of halogens is 1. The van der Waals surface area contributed by atoms with E-state index < -0.39 is 5.82 Å². The van der Waals surface area contributed by atoms with Crippen LogP contribution in [-0.2, 0) is 4.79 Å². The highest BCUT2D eigenvalue weighted by molar-refractivity contribution is 5.92. The van der Waals surface area contributed by atoms with Crippen LogP contribution in [0.4, 0.5) is 10.1 Å². The number of benzene rings is 2. The molecular formula is C20H21FN2O3. The first-order valence-electron chi connectivity index (χ1n) is 8.89. The smallest absolute Gasteiger partial charge is 0.238 e. The van der Waals surface area contributed by atoms with Gasteiger partial charge in [-0.3, -0.25) is 9.69 Å². The van der Waals surface area contributed by atoms with Gasteiger partial charge in [-0.25, -0.2) is 4.39 Å². The monoisotopic (exact) mass is 356 g/mol. The zero-order valence-electron chi connectivity index (χ0n) is 14.4. The van der Waals surface area contributed by atoms with Crippen molar-refractivity contribution in [2.45, 2.75) is 18.9 Å². The summed E-state index contributed by atoms with van der Waals surface area (Å²) < 4.78 is 25.0. The maximum atomic E-state index is 13.7. The third-order valence-electron chi connectivity index (χ3n) is 4.81. The molecule has 6 heteroatoms. The lowest BCUT2D eigenvalue weighted by Gasteiger charge is -2.26. The fourth-order valence-corrected chi connectivity index (χ4v) is 3.60. The molecule has 4 rings (SSSR count). The van der Waals surface area contributed by atoms with Crippen molar-refractivity contribution in [2.75, 3.05) is 31.6 Å². The van der Waals surface area contributed by atoms with Crippen LogP contribution < -0.4 is 14.8 Å². The summed E-state index contributed by atoms with van der Waals surface area (Å²) in [5, 5.41) is 2.66. The SMILES string of the molecule is O=C(CN1CCC[C@@H]1c1ccc2c(c1)OCCO2)Nc1ccccc1F.